The quantitative estimate of drug-likeness (QED) is 0.625. The van der Waals surface area contributed by atoms with E-state index in [0.29, 0.717) is 11.3 Å². The first-order valence-corrected chi connectivity index (χ1v) is 12.1. The van der Waals surface area contributed by atoms with E-state index in [9.17, 15) is 23.2 Å². The van der Waals surface area contributed by atoms with E-state index < -0.39 is 17.1 Å². The van der Waals surface area contributed by atoms with Gasteiger partial charge >= 0.3 is 6.43 Å². The molecule has 182 valence electrons. The average Bonchev–Trinajstić information content (AvgIpc) is 2.76. The minimum atomic E-state index is -3.11. The molecule has 0 radical (unpaired) electrons. The maximum atomic E-state index is 13.5. The summed E-state index contributed by atoms with van der Waals surface area (Å²) in [5.41, 5.74) is 1.04. The Hall–Kier alpha value is -2.20. The number of benzene rings is 1. The standard InChI is InChI=1S/C23H32F2N4O3S/c1-14(2)29(16-6-5-9-26-13-16)21(31)15-7-8-18-17(12-15)28(22(32)23(3,4)33-18)11-10-27-20(30)19(24)25/h7-8,12,14,16,19,26H,5-6,9-11,13H2,1-4H3,(H,27,30)/t16-/m1/s1. The van der Waals surface area contributed by atoms with Crippen molar-refractivity contribution < 1.29 is 23.2 Å². The van der Waals surface area contributed by atoms with Gasteiger partial charge < -0.3 is 20.4 Å². The molecule has 0 spiro atoms. The van der Waals surface area contributed by atoms with Crippen LogP contribution in [0.25, 0.3) is 0 Å². The van der Waals surface area contributed by atoms with E-state index in [1.54, 1.807) is 26.0 Å². The Bertz CT molecular complexity index is 904. The molecule has 7 nitrogen and oxygen atoms in total. The molecule has 0 saturated carbocycles. The molecule has 0 aromatic heterocycles. The lowest BCUT2D eigenvalue weighted by molar-refractivity contribution is -0.131. The zero-order valence-electron chi connectivity index (χ0n) is 19.5. The van der Waals surface area contributed by atoms with Gasteiger partial charge in [0.1, 0.15) is 0 Å². The average molecular weight is 483 g/mol. The van der Waals surface area contributed by atoms with E-state index in [2.05, 4.69) is 10.6 Å². The van der Waals surface area contributed by atoms with Crippen molar-refractivity contribution in [1.29, 1.82) is 0 Å². The highest BCUT2D eigenvalue weighted by molar-refractivity contribution is 8.01. The number of hydrogen-bond acceptors (Lipinski definition) is 5. The molecule has 3 rings (SSSR count). The van der Waals surface area contributed by atoms with Crippen molar-refractivity contribution in [3.05, 3.63) is 23.8 Å². The van der Waals surface area contributed by atoms with E-state index in [4.69, 9.17) is 0 Å². The molecular formula is C23H32F2N4O3S. The molecule has 0 unspecified atom stereocenters. The van der Waals surface area contributed by atoms with Crippen LogP contribution in [0.1, 0.15) is 50.9 Å². The minimum Gasteiger partial charge on any atom is -0.349 e. The molecule has 0 bridgehead atoms. The summed E-state index contributed by atoms with van der Waals surface area (Å²) in [4.78, 5) is 42.1. The maximum absolute atomic E-state index is 13.5. The van der Waals surface area contributed by atoms with Crippen LogP contribution in [0.5, 0.6) is 0 Å². The van der Waals surface area contributed by atoms with Gasteiger partial charge in [0.2, 0.25) is 5.91 Å². The van der Waals surface area contributed by atoms with Crippen LogP contribution < -0.4 is 15.5 Å². The Morgan fingerprint density at radius 3 is 2.67 bits per heavy atom. The molecule has 2 heterocycles. The summed E-state index contributed by atoms with van der Waals surface area (Å²) < 4.78 is 24.3. The molecule has 1 aromatic carbocycles. The Morgan fingerprint density at radius 1 is 1.33 bits per heavy atom. The number of nitrogens with one attached hydrogen (secondary N) is 2. The van der Waals surface area contributed by atoms with Crippen molar-refractivity contribution in [2.45, 2.75) is 68.7 Å². The van der Waals surface area contributed by atoms with Gasteiger partial charge in [-0.3, -0.25) is 14.4 Å². The van der Waals surface area contributed by atoms with Crippen molar-refractivity contribution in [2.75, 3.05) is 31.1 Å². The smallest absolute Gasteiger partial charge is 0.315 e. The predicted octanol–water partition coefficient (Wildman–Crippen LogP) is 2.89. The van der Waals surface area contributed by atoms with Crippen LogP contribution in [0, 0.1) is 0 Å². The number of thioether (sulfide) groups is 1. The molecule has 0 aliphatic carbocycles. The summed E-state index contributed by atoms with van der Waals surface area (Å²) in [6, 6.07) is 5.43. The number of piperidine rings is 1. The lowest BCUT2D eigenvalue weighted by atomic mass is 10.0. The van der Waals surface area contributed by atoms with Gasteiger partial charge in [-0.05, 0) is 65.3 Å². The number of carbonyl (C=O) groups excluding carboxylic acids is 3. The van der Waals surface area contributed by atoms with Gasteiger partial charge in [-0.2, -0.15) is 8.78 Å². The molecule has 2 N–H and O–H groups in total. The van der Waals surface area contributed by atoms with Gasteiger partial charge in [-0.25, -0.2) is 0 Å². The zero-order valence-corrected chi connectivity index (χ0v) is 20.3. The van der Waals surface area contributed by atoms with Crippen molar-refractivity contribution in [1.82, 2.24) is 15.5 Å². The van der Waals surface area contributed by atoms with Gasteiger partial charge in [-0.15, -0.1) is 11.8 Å². The maximum Gasteiger partial charge on any atom is 0.315 e. The Morgan fingerprint density at radius 2 is 2.06 bits per heavy atom. The van der Waals surface area contributed by atoms with E-state index in [1.165, 1.54) is 16.7 Å². The number of anilines is 1. The second kappa shape index (κ2) is 10.4. The van der Waals surface area contributed by atoms with Crippen LogP contribution >= 0.6 is 11.8 Å². The number of fused-ring (bicyclic) bond motifs is 1. The van der Waals surface area contributed by atoms with E-state index in [1.807, 2.05) is 24.8 Å². The lowest BCUT2D eigenvalue weighted by Crippen LogP contribution is -2.52. The summed E-state index contributed by atoms with van der Waals surface area (Å²) in [5.74, 6) is -1.67. The topological polar surface area (TPSA) is 81.8 Å². The van der Waals surface area contributed by atoms with Crippen molar-refractivity contribution in [3.63, 3.8) is 0 Å². The van der Waals surface area contributed by atoms with E-state index in [-0.39, 0.29) is 37.0 Å². The minimum absolute atomic E-state index is 0.00837. The Balaban J connectivity index is 1.88. The fourth-order valence-electron chi connectivity index (χ4n) is 4.33. The summed E-state index contributed by atoms with van der Waals surface area (Å²) in [6.07, 6.45) is -1.17. The molecule has 1 saturated heterocycles. The largest absolute Gasteiger partial charge is 0.349 e. The Labute approximate surface area is 197 Å². The van der Waals surface area contributed by atoms with Gasteiger partial charge in [0.25, 0.3) is 11.8 Å². The molecule has 1 aromatic rings. The van der Waals surface area contributed by atoms with E-state index in [0.717, 1.165) is 30.8 Å². The van der Waals surface area contributed by atoms with Crippen LogP contribution in [0.15, 0.2) is 23.1 Å². The number of nitrogens with zero attached hydrogens (tertiary/aromatic N) is 2. The molecule has 1 atom stereocenters. The molecule has 33 heavy (non-hydrogen) atoms. The fraction of sp³-hybridized carbons (Fsp3) is 0.609. The van der Waals surface area contributed by atoms with Crippen LogP contribution in [0.3, 0.4) is 0 Å². The molecule has 1 fully saturated rings. The second-order valence-corrected chi connectivity index (χ2v) is 10.8. The third kappa shape index (κ3) is 5.66. The van der Waals surface area contributed by atoms with Crippen LogP contribution in [0.4, 0.5) is 14.5 Å². The molecule has 3 amide bonds. The first-order valence-electron chi connectivity index (χ1n) is 11.3. The van der Waals surface area contributed by atoms with Crippen LogP contribution in [-0.4, -0.2) is 72.1 Å². The zero-order chi connectivity index (χ0) is 24.3. The number of rotatable bonds is 7. The Kier molecular flexibility index (Phi) is 8.00. The van der Waals surface area contributed by atoms with Crippen LogP contribution in [0.2, 0.25) is 0 Å². The van der Waals surface area contributed by atoms with Crippen molar-refractivity contribution >= 4 is 35.2 Å². The molecule has 2 aliphatic rings. The van der Waals surface area contributed by atoms with Crippen molar-refractivity contribution in [2.24, 2.45) is 0 Å². The predicted molar refractivity (Wildman–Crippen MR) is 125 cm³/mol. The number of amides is 3. The number of carbonyl (C=O) groups is 3. The summed E-state index contributed by atoms with van der Waals surface area (Å²) >= 11 is 1.40. The van der Waals surface area contributed by atoms with Gasteiger partial charge in [-0.1, -0.05) is 0 Å². The fourth-order valence-corrected chi connectivity index (χ4v) is 5.49. The monoisotopic (exact) mass is 482 g/mol. The SMILES string of the molecule is CC(C)N(C(=O)c1ccc2c(c1)N(CCNC(=O)C(F)F)C(=O)C(C)(C)S2)[C@@H]1CCCNC1. The third-order valence-corrected chi connectivity index (χ3v) is 7.16. The summed E-state index contributed by atoms with van der Waals surface area (Å²) in [6.45, 7) is 9.18. The molecule has 2 aliphatic heterocycles. The van der Waals surface area contributed by atoms with Gasteiger partial charge in [0.05, 0.1) is 10.4 Å². The number of halogens is 2. The highest BCUT2D eigenvalue weighted by Gasteiger charge is 2.40. The first-order chi connectivity index (χ1) is 15.5. The van der Waals surface area contributed by atoms with Crippen molar-refractivity contribution in [3.8, 4) is 0 Å². The van der Waals surface area contributed by atoms with Gasteiger partial charge in [0.15, 0.2) is 0 Å². The molecule has 10 heteroatoms. The lowest BCUT2D eigenvalue weighted by Gasteiger charge is -2.39. The highest BCUT2D eigenvalue weighted by Crippen LogP contribution is 2.45. The normalized spacial score (nSPS) is 20.1. The molecular weight excluding hydrogens is 450 g/mol. The summed E-state index contributed by atoms with van der Waals surface area (Å²) in [5, 5.41) is 5.50. The van der Waals surface area contributed by atoms with Gasteiger partial charge in [0, 0.05) is 42.2 Å². The number of alkyl halides is 2. The van der Waals surface area contributed by atoms with E-state index >= 15 is 0 Å². The second-order valence-electron chi connectivity index (χ2n) is 9.15. The first kappa shape index (κ1) is 25.4. The number of hydrogen-bond donors (Lipinski definition) is 2. The highest BCUT2D eigenvalue weighted by atomic mass is 32.2. The summed E-state index contributed by atoms with van der Waals surface area (Å²) in [7, 11) is 0. The third-order valence-electron chi connectivity index (χ3n) is 5.91. The van der Waals surface area contributed by atoms with Crippen LogP contribution in [-0.2, 0) is 9.59 Å².